The fraction of sp³-hybridized carbons (Fsp3) is 0.591. The number of hydrogen-bond acceptors (Lipinski definition) is 6. The molecule has 31 heavy (non-hydrogen) atoms. The van der Waals surface area contributed by atoms with Gasteiger partial charge < -0.3 is 23.7 Å². The molecule has 2 aromatic rings. The lowest BCUT2D eigenvalue weighted by Crippen LogP contribution is -2.35. The Morgan fingerprint density at radius 3 is 2.61 bits per heavy atom. The van der Waals surface area contributed by atoms with E-state index < -0.39 is 13.7 Å². The van der Waals surface area contributed by atoms with E-state index in [1.807, 2.05) is 31.4 Å². The van der Waals surface area contributed by atoms with E-state index in [1.165, 1.54) is 6.33 Å². The molecule has 9 heteroatoms. The van der Waals surface area contributed by atoms with Crippen molar-refractivity contribution in [2.75, 3.05) is 26.8 Å². The second kappa shape index (κ2) is 9.00. The summed E-state index contributed by atoms with van der Waals surface area (Å²) in [5, 5.41) is 0. The van der Waals surface area contributed by atoms with Crippen molar-refractivity contribution in [3.05, 3.63) is 24.2 Å². The molecule has 1 amide bonds. The molecule has 0 radical (unpaired) electrons. The Morgan fingerprint density at radius 2 is 1.97 bits per heavy atom. The van der Waals surface area contributed by atoms with Crippen molar-refractivity contribution in [3.8, 4) is 5.88 Å². The molecule has 1 aliphatic heterocycles. The van der Waals surface area contributed by atoms with E-state index in [4.69, 9.17) is 14.2 Å². The second-order valence-corrected chi connectivity index (χ2v) is 15.6. The molecule has 3 rings (SSSR count). The summed E-state index contributed by atoms with van der Waals surface area (Å²) in [4.78, 5) is 22.9. The van der Waals surface area contributed by atoms with Crippen LogP contribution in [0.5, 0.6) is 5.88 Å². The molecule has 0 saturated carbocycles. The van der Waals surface area contributed by atoms with Gasteiger partial charge in [0.15, 0.2) is 0 Å². The first-order valence-corrected chi connectivity index (χ1v) is 14.3. The number of carbonyl (C=O) groups is 1. The van der Waals surface area contributed by atoms with E-state index in [9.17, 15) is 4.79 Å². The highest BCUT2D eigenvalue weighted by molar-refractivity contribution is 6.76. The number of hydrogen-bond donors (Lipinski definition) is 0. The van der Waals surface area contributed by atoms with Crippen LogP contribution in [0.15, 0.2) is 18.5 Å². The van der Waals surface area contributed by atoms with Crippen molar-refractivity contribution in [1.29, 1.82) is 0 Å². The highest BCUT2D eigenvalue weighted by Crippen LogP contribution is 2.31. The summed E-state index contributed by atoms with van der Waals surface area (Å²) >= 11 is 0. The lowest BCUT2D eigenvalue weighted by atomic mass is 10.2. The van der Waals surface area contributed by atoms with E-state index in [2.05, 4.69) is 35.7 Å². The Labute approximate surface area is 185 Å². The summed E-state index contributed by atoms with van der Waals surface area (Å²) in [7, 11) is 0.417. The molecule has 1 aliphatic rings. The zero-order valence-electron chi connectivity index (χ0n) is 19.7. The first kappa shape index (κ1) is 23.3. The number of fused-ring (bicyclic) bond motifs is 1. The molecule has 0 fully saturated rings. The van der Waals surface area contributed by atoms with Crippen LogP contribution in [-0.4, -0.2) is 66.0 Å². The fourth-order valence-corrected chi connectivity index (χ4v) is 4.11. The fourth-order valence-electron chi connectivity index (χ4n) is 3.35. The number of nitrogens with zero attached hydrogens (tertiary/aromatic N) is 4. The molecule has 8 nitrogen and oxygen atoms in total. The minimum Gasteiger partial charge on any atom is -0.479 e. The predicted octanol–water partition coefficient (Wildman–Crippen LogP) is 4.39. The summed E-state index contributed by atoms with van der Waals surface area (Å²) in [5.74, 6) is 0.507. The van der Waals surface area contributed by atoms with Crippen LogP contribution in [0.1, 0.15) is 26.5 Å². The van der Waals surface area contributed by atoms with Gasteiger partial charge in [0.2, 0.25) is 5.88 Å². The topological polar surface area (TPSA) is 78.7 Å². The molecule has 3 heterocycles. The summed E-state index contributed by atoms with van der Waals surface area (Å²) in [5.41, 5.74) is 3.03. The maximum atomic E-state index is 12.5. The van der Waals surface area contributed by atoms with Gasteiger partial charge in [-0.3, -0.25) is 0 Å². The van der Waals surface area contributed by atoms with E-state index >= 15 is 0 Å². The third-order valence-corrected chi connectivity index (χ3v) is 6.67. The summed E-state index contributed by atoms with van der Waals surface area (Å²) < 4.78 is 19.1. The molecule has 0 atom stereocenters. The minimum atomic E-state index is -1.18. The third-order valence-electron chi connectivity index (χ3n) is 4.96. The molecule has 170 valence electrons. The van der Waals surface area contributed by atoms with Crippen molar-refractivity contribution in [2.45, 2.75) is 58.8 Å². The molecular formula is C22H34N4O4Si. The van der Waals surface area contributed by atoms with Crippen molar-refractivity contribution >= 4 is 30.8 Å². The summed E-state index contributed by atoms with van der Waals surface area (Å²) in [6.07, 6.45) is 3.23. The van der Waals surface area contributed by atoms with E-state index in [0.717, 1.165) is 28.3 Å². The monoisotopic (exact) mass is 446 g/mol. The smallest absolute Gasteiger partial charge is 0.410 e. The van der Waals surface area contributed by atoms with E-state index in [0.29, 0.717) is 32.3 Å². The number of carbonyl (C=O) groups excluding carboxylic acids is 1. The SMILES string of the molecule is COc1ncnc2cc(C3=CCN(C(=O)OC(C)(C)C)C3)n(COCC[Si](C)(C)C)c12. The van der Waals surface area contributed by atoms with Crippen LogP contribution in [0.4, 0.5) is 4.79 Å². The van der Waals surface area contributed by atoms with Crippen LogP contribution in [0, 0.1) is 0 Å². The lowest BCUT2D eigenvalue weighted by molar-refractivity contribution is 0.0306. The first-order chi connectivity index (χ1) is 14.5. The van der Waals surface area contributed by atoms with Gasteiger partial charge in [-0.25, -0.2) is 9.78 Å². The molecule has 0 bridgehead atoms. The van der Waals surface area contributed by atoms with Gasteiger partial charge in [0, 0.05) is 21.2 Å². The molecule has 0 aromatic carbocycles. The van der Waals surface area contributed by atoms with E-state index in [-0.39, 0.29) is 6.09 Å². The predicted molar refractivity (Wildman–Crippen MR) is 124 cm³/mol. The Bertz CT molecular complexity index is 972. The molecule has 0 aliphatic carbocycles. The minimum absolute atomic E-state index is 0.315. The standard InChI is InChI=1S/C22H34N4O4Si/c1-22(2,3)30-21(27)25-9-8-16(13-25)18-12-17-19(20(28-4)24-14-23-17)26(18)15-29-10-11-31(5,6)7/h8,12,14H,9-11,13,15H2,1-7H3. The molecule has 2 aromatic heterocycles. The van der Waals surface area contributed by atoms with Crippen LogP contribution in [0.3, 0.4) is 0 Å². The summed E-state index contributed by atoms with van der Waals surface area (Å²) in [6.45, 7) is 14.7. The van der Waals surface area contributed by atoms with Crippen LogP contribution >= 0.6 is 0 Å². The summed E-state index contributed by atoms with van der Waals surface area (Å²) in [6, 6.07) is 3.09. The van der Waals surface area contributed by atoms with Gasteiger partial charge in [-0.1, -0.05) is 25.7 Å². The first-order valence-electron chi connectivity index (χ1n) is 10.6. The normalized spacial score (nSPS) is 14.8. The zero-order chi connectivity index (χ0) is 22.8. The third kappa shape index (κ3) is 5.85. The maximum absolute atomic E-state index is 12.5. The van der Waals surface area contributed by atoms with E-state index in [1.54, 1.807) is 12.0 Å². The van der Waals surface area contributed by atoms with Crippen molar-refractivity contribution in [3.63, 3.8) is 0 Å². The number of methoxy groups -OCH3 is 1. The largest absolute Gasteiger partial charge is 0.479 e. The van der Waals surface area contributed by atoms with Crippen molar-refractivity contribution in [1.82, 2.24) is 19.4 Å². The molecule has 0 saturated heterocycles. The highest BCUT2D eigenvalue weighted by Gasteiger charge is 2.28. The average Bonchev–Trinajstić information content (AvgIpc) is 3.28. The Morgan fingerprint density at radius 1 is 1.23 bits per heavy atom. The highest BCUT2D eigenvalue weighted by atomic mass is 28.3. The van der Waals surface area contributed by atoms with Gasteiger partial charge in [0.1, 0.15) is 24.2 Å². The maximum Gasteiger partial charge on any atom is 0.410 e. The molecular weight excluding hydrogens is 412 g/mol. The van der Waals surface area contributed by atoms with Crippen LogP contribution in [0.25, 0.3) is 16.6 Å². The van der Waals surface area contributed by atoms with Crippen molar-refractivity contribution < 1.29 is 19.0 Å². The molecule has 0 spiro atoms. The lowest BCUT2D eigenvalue weighted by Gasteiger charge is -2.24. The van der Waals surface area contributed by atoms with Crippen molar-refractivity contribution in [2.24, 2.45) is 0 Å². The van der Waals surface area contributed by atoms with Gasteiger partial charge in [-0.05, 0) is 38.5 Å². The number of ether oxygens (including phenoxy) is 3. The number of amides is 1. The molecule has 0 unspecified atom stereocenters. The van der Waals surface area contributed by atoms with Gasteiger partial charge >= 0.3 is 6.09 Å². The Balaban J connectivity index is 1.85. The van der Waals surface area contributed by atoms with Gasteiger partial charge in [-0.2, -0.15) is 4.98 Å². The van der Waals surface area contributed by atoms with Gasteiger partial charge in [-0.15, -0.1) is 0 Å². The van der Waals surface area contributed by atoms with Crippen LogP contribution < -0.4 is 4.74 Å². The van der Waals surface area contributed by atoms with Crippen LogP contribution in [-0.2, 0) is 16.2 Å². The Kier molecular flexibility index (Phi) is 6.75. The number of rotatable bonds is 7. The zero-order valence-corrected chi connectivity index (χ0v) is 20.7. The quantitative estimate of drug-likeness (QED) is 0.464. The number of aromatic nitrogens is 3. The van der Waals surface area contributed by atoms with Gasteiger partial charge in [0.05, 0.1) is 24.9 Å². The van der Waals surface area contributed by atoms with Gasteiger partial charge in [0.25, 0.3) is 0 Å². The Hall–Kier alpha value is -2.39. The van der Waals surface area contributed by atoms with Crippen LogP contribution in [0.2, 0.25) is 25.7 Å². The average molecular weight is 447 g/mol. The molecule has 0 N–H and O–H groups in total. The second-order valence-electron chi connectivity index (χ2n) is 10.0.